The van der Waals surface area contributed by atoms with Crippen LogP contribution in [0.3, 0.4) is 0 Å². The van der Waals surface area contributed by atoms with Gasteiger partial charge in [-0.25, -0.2) is 0 Å². The molecular weight excluding hydrogens is 346 g/mol. The minimum Gasteiger partial charge on any atom is -0.366 e. The van der Waals surface area contributed by atoms with Crippen LogP contribution in [0.1, 0.15) is 46.9 Å². The van der Waals surface area contributed by atoms with Crippen molar-refractivity contribution in [2.24, 2.45) is 0 Å². The molecule has 0 aromatic heterocycles. The number of ketones is 1. The minimum atomic E-state index is -0.455. The molecule has 0 unspecified atom stereocenters. The first-order chi connectivity index (χ1) is 13.0. The summed E-state index contributed by atoms with van der Waals surface area (Å²) in [6.45, 7) is 3.01. The Hall–Kier alpha value is -3.22. The van der Waals surface area contributed by atoms with Gasteiger partial charge in [-0.1, -0.05) is 12.1 Å². The minimum absolute atomic E-state index is 0.0676. The third-order valence-electron chi connectivity index (χ3n) is 4.66. The summed E-state index contributed by atoms with van der Waals surface area (Å²) in [5.74, 6) is -0.559. The molecule has 2 aromatic rings. The van der Waals surface area contributed by atoms with Crippen molar-refractivity contribution < 1.29 is 14.5 Å². The fourth-order valence-corrected chi connectivity index (χ4v) is 3.23. The molecule has 1 aliphatic rings. The molecule has 7 nitrogen and oxygen atoms in total. The first kappa shape index (κ1) is 18.6. The average Bonchev–Trinajstić information content (AvgIpc) is 2.68. The van der Waals surface area contributed by atoms with Gasteiger partial charge >= 0.3 is 0 Å². The number of hydrogen-bond acceptors (Lipinski definition) is 5. The lowest BCUT2D eigenvalue weighted by Gasteiger charge is -2.28. The summed E-state index contributed by atoms with van der Waals surface area (Å²) in [5.41, 5.74) is 1.64. The fraction of sp³-hybridized carbons (Fsp3) is 0.300. The lowest BCUT2D eigenvalue weighted by atomic mass is 10.1. The van der Waals surface area contributed by atoms with Gasteiger partial charge in [-0.3, -0.25) is 19.7 Å². The zero-order valence-electron chi connectivity index (χ0n) is 15.1. The van der Waals surface area contributed by atoms with E-state index in [2.05, 4.69) is 5.32 Å². The van der Waals surface area contributed by atoms with Crippen LogP contribution in [0.2, 0.25) is 0 Å². The van der Waals surface area contributed by atoms with E-state index in [0.29, 0.717) is 16.9 Å². The number of nitro benzene ring substituents is 1. The van der Waals surface area contributed by atoms with Crippen LogP contribution in [0.25, 0.3) is 0 Å². The number of amides is 1. The normalized spacial score (nSPS) is 13.9. The number of carbonyl (C=O) groups is 2. The molecule has 0 atom stereocenters. The van der Waals surface area contributed by atoms with Gasteiger partial charge in [0.2, 0.25) is 0 Å². The SMILES string of the molecule is CC(=O)c1cccc(NC(=O)c2ccc(N3CCCCC3)c([N+](=O)[O-])c2)c1. The van der Waals surface area contributed by atoms with Crippen molar-refractivity contribution in [3.63, 3.8) is 0 Å². The van der Waals surface area contributed by atoms with Gasteiger partial charge < -0.3 is 10.2 Å². The van der Waals surface area contributed by atoms with E-state index in [9.17, 15) is 19.7 Å². The quantitative estimate of drug-likeness (QED) is 0.489. The Kier molecular flexibility index (Phi) is 5.49. The second kappa shape index (κ2) is 7.99. The number of nitrogens with zero attached hydrogens (tertiary/aromatic N) is 2. The van der Waals surface area contributed by atoms with Crippen LogP contribution in [0.5, 0.6) is 0 Å². The van der Waals surface area contributed by atoms with Crippen molar-refractivity contribution in [2.45, 2.75) is 26.2 Å². The van der Waals surface area contributed by atoms with Crippen molar-refractivity contribution in [3.05, 3.63) is 63.7 Å². The summed E-state index contributed by atoms with van der Waals surface area (Å²) < 4.78 is 0. The van der Waals surface area contributed by atoms with Crippen LogP contribution in [0.15, 0.2) is 42.5 Å². The van der Waals surface area contributed by atoms with Gasteiger partial charge in [-0.15, -0.1) is 0 Å². The van der Waals surface area contributed by atoms with Crippen molar-refractivity contribution >= 4 is 28.8 Å². The van der Waals surface area contributed by atoms with Crippen LogP contribution in [-0.4, -0.2) is 29.7 Å². The Labute approximate surface area is 157 Å². The highest BCUT2D eigenvalue weighted by atomic mass is 16.6. The molecule has 1 fully saturated rings. The molecule has 1 aliphatic heterocycles. The highest BCUT2D eigenvalue weighted by Crippen LogP contribution is 2.31. The molecule has 2 aromatic carbocycles. The number of nitrogens with one attached hydrogen (secondary N) is 1. The second-order valence-corrected chi connectivity index (χ2v) is 6.60. The predicted octanol–water partition coefficient (Wildman–Crippen LogP) is 4.04. The Morgan fingerprint density at radius 1 is 1.04 bits per heavy atom. The van der Waals surface area contributed by atoms with Crippen LogP contribution in [0, 0.1) is 10.1 Å². The van der Waals surface area contributed by atoms with Gasteiger partial charge in [0, 0.05) is 36.0 Å². The first-order valence-corrected chi connectivity index (χ1v) is 8.91. The lowest BCUT2D eigenvalue weighted by Crippen LogP contribution is -2.30. The average molecular weight is 367 g/mol. The molecule has 1 amide bonds. The smallest absolute Gasteiger partial charge is 0.293 e. The molecule has 3 rings (SSSR count). The maximum atomic E-state index is 12.5. The third kappa shape index (κ3) is 4.31. The number of rotatable bonds is 5. The van der Waals surface area contributed by atoms with Crippen LogP contribution in [0.4, 0.5) is 17.1 Å². The summed E-state index contributed by atoms with van der Waals surface area (Å²) in [5, 5.41) is 14.2. The summed E-state index contributed by atoms with van der Waals surface area (Å²) in [6.07, 6.45) is 3.14. The summed E-state index contributed by atoms with van der Waals surface area (Å²) in [4.78, 5) is 37.1. The van der Waals surface area contributed by atoms with Crippen LogP contribution in [-0.2, 0) is 0 Å². The Morgan fingerprint density at radius 3 is 2.44 bits per heavy atom. The van der Waals surface area contributed by atoms with Gasteiger partial charge in [0.05, 0.1) is 4.92 Å². The van der Waals surface area contributed by atoms with Crippen LogP contribution >= 0.6 is 0 Å². The summed E-state index contributed by atoms with van der Waals surface area (Å²) in [7, 11) is 0. The molecule has 7 heteroatoms. The molecule has 140 valence electrons. The summed E-state index contributed by atoms with van der Waals surface area (Å²) >= 11 is 0. The molecular formula is C20H21N3O4. The zero-order chi connectivity index (χ0) is 19.4. The number of piperidine rings is 1. The maximum absolute atomic E-state index is 12.5. The van der Waals surface area contributed by atoms with E-state index in [4.69, 9.17) is 0 Å². The number of benzene rings is 2. The number of carbonyl (C=O) groups excluding carboxylic acids is 2. The monoisotopic (exact) mass is 367 g/mol. The van der Waals surface area contributed by atoms with Gasteiger partial charge in [-0.05, 0) is 50.5 Å². The van der Waals surface area contributed by atoms with E-state index >= 15 is 0 Å². The molecule has 0 spiro atoms. The van der Waals surface area contributed by atoms with Gasteiger partial charge in [0.25, 0.3) is 11.6 Å². The highest BCUT2D eigenvalue weighted by molar-refractivity contribution is 6.06. The molecule has 0 bridgehead atoms. The number of Topliss-reactive ketones (excluding diaryl/α,β-unsaturated/α-hetero) is 1. The first-order valence-electron chi connectivity index (χ1n) is 8.91. The van der Waals surface area contributed by atoms with Crippen molar-refractivity contribution in [3.8, 4) is 0 Å². The highest BCUT2D eigenvalue weighted by Gasteiger charge is 2.23. The van der Waals surface area contributed by atoms with E-state index in [-0.39, 0.29) is 17.0 Å². The van der Waals surface area contributed by atoms with Crippen molar-refractivity contribution in [1.29, 1.82) is 0 Å². The fourth-order valence-electron chi connectivity index (χ4n) is 3.23. The summed E-state index contributed by atoms with van der Waals surface area (Å²) in [6, 6.07) is 11.1. The molecule has 27 heavy (non-hydrogen) atoms. The van der Waals surface area contributed by atoms with Crippen molar-refractivity contribution in [2.75, 3.05) is 23.3 Å². The van der Waals surface area contributed by atoms with Crippen molar-refractivity contribution in [1.82, 2.24) is 0 Å². The zero-order valence-corrected chi connectivity index (χ0v) is 15.1. The largest absolute Gasteiger partial charge is 0.366 e. The van der Waals surface area contributed by atoms with E-state index < -0.39 is 10.8 Å². The standard InChI is InChI=1S/C20H21N3O4/c1-14(24)15-6-5-7-17(12-15)21-20(25)16-8-9-18(19(13-16)23(26)27)22-10-3-2-4-11-22/h5-9,12-13H,2-4,10-11H2,1H3,(H,21,25). The number of anilines is 2. The predicted molar refractivity (Wildman–Crippen MR) is 104 cm³/mol. The van der Waals surface area contributed by atoms with E-state index in [1.54, 1.807) is 36.4 Å². The Bertz CT molecular complexity index is 889. The number of hydrogen-bond donors (Lipinski definition) is 1. The molecule has 0 aliphatic carbocycles. The van der Waals surface area contributed by atoms with E-state index in [1.807, 2.05) is 4.90 Å². The molecule has 1 saturated heterocycles. The molecule has 1 heterocycles. The number of nitro groups is 1. The Balaban J connectivity index is 1.84. The molecule has 0 saturated carbocycles. The van der Waals surface area contributed by atoms with Gasteiger partial charge in [-0.2, -0.15) is 0 Å². The molecule has 1 N–H and O–H groups in total. The third-order valence-corrected chi connectivity index (χ3v) is 4.66. The van der Waals surface area contributed by atoms with Gasteiger partial charge in [0.1, 0.15) is 5.69 Å². The lowest BCUT2D eigenvalue weighted by molar-refractivity contribution is -0.384. The second-order valence-electron chi connectivity index (χ2n) is 6.60. The Morgan fingerprint density at radius 2 is 1.78 bits per heavy atom. The van der Waals surface area contributed by atoms with E-state index in [0.717, 1.165) is 32.4 Å². The van der Waals surface area contributed by atoms with Gasteiger partial charge in [0.15, 0.2) is 5.78 Å². The topological polar surface area (TPSA) is 92.6 Å². The maximum Gasteiger partial charge on any atom is 0.293 e. The molecule has 0 radical (unpaired) electrons. The van der Waals surface area contributed by atoms with E-state index in [1.165, 1.54) is 13.0 Å². The van der Waals surface area contributed by atoms with Crippen LogP contribution < -0.4 is 10.2 Å².